The van der Waals surface area contributed by atoms with Crippen molar-refractivity contribution in [1.29, 1.82) is 0 Å². The summed E-state index contributed by atoms with van der Waals surface area (Å²) in [6, 6.07) is -0.460. The lowest BCUT2D eigenvalue weighted by atomic mass is 9.76. The summed E-state index contributed by atoms with van der Waals surface area (Å²) in [7, 11) is 0. The normalized spacial score (nSPS) is 31.8. The minimum atomic E-state index is -0.855. The molecule has 1 N–H and O–H groups in total. The van der Waals surface area contributed by atoms with Crippen LogP contribution in [-0.4, -0.2) is 39.7 Å². The maximum Gasteiger partial charge on any atom is 0.326 e. The molecule has 0 aromatic rings. The number of carbonyl (C=O) groups is 2. The molecule has 0 bridgehead atoms. The van der Waals surface area contributed by atoms with E-state index in [2.05, 4.69) is 12.6 Å². The fourth-order valence-electron chi connectivity index (χ4n) is 3.46. The van der Waals surface area contributed by atoms with Gasteiger partial charge in [0.2, 0.25) is 5.91 Å². The molecule has 1 heterocycles. The van der Waals surface area contributed by atoms with Crippen LogP contribution in [0.15, 0.2) is 0 Å². The van der Waals surface area contributed by atoms with E-state index in [1.54, 1.807) is 4.90 Å². The molecule has 4 nitrogen and oxygen atoms in total. The van der Waals surface area contributed by atoms with Crippen LogP contribution in [0.25, 0.3) is 0 Å². The second kappa shape index (κ2) is 5.95. The molecule has 1 saturated carbocycles. The molecule has 1 aliphatic heterocycles. The van der Waals surface area contributed by atoms with E-state index in [4.69, 9.17) is 0 Å². The molecule has 2 fully saturated rings. The Morgan fingerprint density at radius 1 is 1.17 bits per heavy atom. The summed E-state index contributed by atoms with van der Waals surface area (Å²) in [5, 5.41) is 9.30. The monoisotopic (exact) mass is 271 g/mol. The molecular formula is C13H21NO3S. The quantitative estimate of drug-likeness (QED) is 0.771. The number of carboxylic acid groups (broad SMARTS) is 1. The van der Waals surface area contributed by atoms with Gasteiger partial charge in [-0.25, -0.2) is 4.79 Å². The van der Waals surface area contributed by atoms with Crippen molar-refractivity contribution >= 4 is 24.5 Å². The number of amides is 1. The molecule has 3 unspecified atom stereocenters. The van der Waals surface area contributed by atoms with E-state index < -0.39 is 12.0 Å². The molecule has 1 saturated heterocycles. The molecule has 0 spiro atoms. The Balaban J connectivity index is 2.18. The van der Waals surface area contributed by atoms with Crippen LogP contribution in [-0.2, 0) is 9.59 Å². The number of likely N-dealkylation sites (tertiary alicyclic amines) is 1. The summed E-state index contributed by atoms with van der Waals surface area (Å²) >= 11 is 4.08. The van der Waals surface area contributed by atoms with Crippen LogP contribution in [0.5, 0.6) is 0 Å². The number of fused-ring (bicyclic) bond motifs is 1. The fourth-order valence-corrected chi connectivity index (χ4v) is 3.65. The topological polar surface area (TPSA) is 57.6 Å². The van der Waals surface area contributed by atoms with E-state index in [-0.39, 0.29) is 11.9 Å². The zero-order valence-corrected chi connectivity index (χ0v) is 11.4. The molecule has 2 rings (SSSR count). The summed E-state index contributed by atoms with van der Waals surface area (Å²) in [6.07, 6.45) is 6.33. The van der Waals surface area contributed by atoms with E-state index in [9.17, 15) is 14.7 Å². The third kappa shape index (κ3) is 2.66. The molecule has 0 aromatic carbocycles. The highest BCUT2D eigenvalue weighted by Gasteiger charge is 2.43. The average molecular weight is 271 g/mol. The second-order valence-electron chi connectivity index (χ2n) is 5.32. The number of thiol groups is 1. The van der Waals surface area contributed by atoms with Gasteiger partial charge in [0, 0.05) is 12.5 Å². The van der Waals surface area contributed by atoms with Gasteiger partial charge in [0.25, 0.3) is 0 Å². The largest absolute Gasteiger partial charge is 0.480 e. The molecule has 1 amide bonds. The molecule has 3 atom stereocenters. The van der Waals surface area contributed by atoms with E-state index in [1.807, 2.05) is 0 Å². The standard InChI is InChI=1S/C13H21NO3S/c15-12(7-8-18)14-10-4-2-1-3-9(10)5-6-11(14)13(16)17/h9-11,18H,1-8H2,(H,16,17). The van der Waals surface area contributed by atoms with Gasteiger partial charge in [-0.1, -0.05) is 12.8 Å². The first-order chi connectivity index (χ1) is 8.65. The van der Waals surface area contributed by atoms with Crippen LogP contribution in [0.2, 0.25) is 0 Å². The van der Waals surface area contributed by atoms with Crippen molar-refractivity contribution in [3.63, 3.8) is 0 Å². The molecule has 1 aliphatic carbocycles. The summed E-state index contributed by atoms with van der Waals surface area (Å²) in [5.41, 5.74) is 0. The SMILES string of the molecule is O=C(O)C1CCC2CCCCC2N1C(=O)CCS. The molecular weight excluding hydrogens is 250 g/mol. The Hall–Kier alpha value is -0.710. The molecule has 18 heavy (non-hydrogen) atoms. The highest BCUT2D eigenvalue weighted by Crippen LogP contribution is 2.38. The molecule has 102 valence electrons. The van der Waals surface area contributed by atoms with Gasteiger partial charge in [0.05, 0.1) is 0 Å². The van der Waals surface area contributed by atoms with Crippen molar-refractivity contribution in [2.24, 2.45) is 5.92 Å². The van der Waals surface area contributed by atoms with Crippen LogP contribution in [0.4, 0.5) is 0 Å². The summed E-state index contributed by atoms with van der Waals surface area (Å²) in [4.78, 5) is 25.2. The third-order valence-electron chi connectivity index (χ3n) is 4.27. The predicted octanol–water partition coefficient (Wildman–Crippen LogP) is 1.94. The number of aliphatic carboxylic acids is 1. The van der Waals surface area contributed by atoms with Gasteiger partial charge in [-0.3, -0.25) is 4.79 Å². The van der Waals surface area contributed by atoms with Gasteiger partial charge < -0.3 is 10.0 Å². The Bertz CT molecular complexity index is 334. The van der Waals surface area contributed by atoms with Crippen LogP contribution >= 0.6 is 12.6 Å². The first kappa shape index (κ1) is 13.7. The van der Waals surface area contributed by atoms with Crippen LogP contribution in [0.3, 0.4) is 0 Å². The first-order valence-corrected chi connectivity index (χ1v) is 7.43. The van der Waals surface area contributed by atoms with E-state index in [1.165, 1.54) is 6.42 Å². The molecule has 0 aromatic heterocycles. The Morgan fingerprint density at radius 2 is 1.89 bits per heavy atom. The van der Waals surface area contributed by atoms with Crippen LogP contribution in [0.1, 0.15) is 44.9 Å². The fraction of sp³-hybridized carbons (Fsp3) is 0.846. The lowest BCUT2D eigenvalue weighted by Crippen LogP contribution is -2.57. The highest BCUT2D eigenvalue weighted by molar-refractivity contribution is 7.80. The van der Waals surface area contributed by atoms with Crippen molar-refractivity contribution in [3.05, 3.63) is 0 Å². The maximum atomic E-state index is 12.2. The highest BCUT2D eigenvalue weighted by atomic mass is 32.1. The first-order valence-electron chi connectivity index (χ1n) is 6.80. The van der Waals surface area contributed by atoms with Crippen molar-refractivity contribution < 1.29 is 14.7 Å². The van der Waals surface area contributed by atoms with Gasteiger partial charge in [-0.15, -0.1) is 0 Å². The summed E-state index contributed by atoms with van der Waals surface area (Å²) in [6.45, 7) is 0. The molecule has 2 aliphatic rings. The third-order valence-corrected chi connectivity index (χ3v) is 4.50. The van der Waals surface area contributed by atoms with Crippen LogP contribution < -0.4 is 0 Å². The predicted molar refractivity (Wildman–Crippen MR) is 71.7 cm³/mol. The van der Waals surface area contributed by atoms with Gasteiger partial charge in [0.1, 0.15) is 6.04 Å². The summed E-state index contributed by atoms with van der Waals surface area (Å²) < 4.78 is 0. The number of carbonyl (C=O) groups excluding carboxylic acids is 1. The second-order valence-corrected chi connectivity index (χ2v) is 5.77. The number of hydrogen-bond donors (Lipinski definition) is 2. The van der Waals surface area contributed by atoms with Crippen LogP contribution in [0, 0.1) is 5.92 Å². The minimum absolute atomic E-state index is 0.0333. The average Bonchev–Trinajstić information content (AvgIpc) is 2.37. The molecule has 5 heteroatoms. The number of piperidine rings is 1. The zero-order chi connectivity index (χ0) is 13.1. The number of rotatable bonds is 3. The lowest BCUT2D eigenvalue weighted by Gasteiger charge is -2.47. The number of hydrogen-bond acceptors (Lipinski definition) is 3. The van der Waals surface area contributed by atoms with E-state index >= 15 is 0 Å². The van der Waals surface area contributed by atoms with Crippen molar-refractivity contribution in [3.8, 4) is 0 Å². The zero-order valence-electron chi connectivity index (χ0n) is 10.5. The van der Waals surface area contributed by atoms with Gasteiger partial charge in [0.15, 0.2) is 0 Å². The smallest absolute Gasteiger partial charge is 0.326 e. The summed E-state index contributed by atoms with van der Waals surface area (Å²) in [5.74, 6) is 0.109. The lowest BCUT2D eigenvalue weighted by molar-refractivity contribution is -0.158. The van der Waals surface area contributed by atoms with Gasteiger partial charge in [-0.2, -0.15) is 12.6 Å². The van der Waals surface area contributed by atoms with E-state index in [0.29, 0.717) is 24.5 Å². The Labute approximate surface area is 113 Å². The number of carboxylic acids is 1. The number of nitrogens with zero attached hydrogens (tertiary/aromatic N) is 1. The minimum Gasteiger partial charge on any atom is -0.480 e. The van der Waals surface area contributed by atoms with Crippen molar-refractivity contribution in [1.82, 2.24) is 4.90 Å². The maximum absolute atomic E-state index is 12.2. The van der Waals surface area contributed by atoms with Gasteiger partial charge >= 0.3 is 5.97 Å². The van der Waals surface area contributed by atoms with E-state index in [0.717, 1.165) is 25.7 Å². The molecule has 0 radical (unpaired) electrons. The van der Waals surface area contributed by atoms with Crippen molar-refractivity contribution in [2.75, 3.05) is 5.75 Å². The Morgan fingerprint density at radius 3 is 2.56 bits per heavy atom. The van der Waals surface area contributed by atoms with Crippen molar-refractivity contribution in [2.45, 2.75) is 57.0 Å². The van der Waals surface area contributed by atoms with Gasteiger partial charge in [-0.05, 0) is 37.4 Å². The Kier molecular flexibility index (Phi) is 4.54.